The number of ether oxygens (including phenoxy) is 2. The van der Waals surface area contributed by atoms with Crippen molar-refractivity contribution in [3.05, 3.63) is 62.6 Å². The van der Waals surface area contributed by atoms with Crippen molar-refractivity contribution < 1.29 is 23.6 Å². The molecule has 2 aromatic carbocycles. The fourth-order valence-electron chi connectivity index (χ4n) is 3.46. The number of carbonyl (C=O) groups excluding carboxylic acids is 1. The van der Waals surface area contributed by atoms with Gasteiger partial charge in [0.2, 0.25) is 5.91 Å². The summed E-state index contributed by atoms with van der Waals surface area (Å²) in [5.41, 5.74) is 1.32. The van der Waals surface area contributed by atoms with Crippen LogP contribution in [0.25, 0.3) is 11.1 Å². The molecule has 0 aliphatic carbocycles. The zero-order valence-electron chi connectivity index (χ0n) is 18.8. The number of methoxy groups -OCH3 is 1. The molecule has 3 rings (SSSR count). The van der Waals surface area contributed by atoms with Gasteiger partial charge in [-0.15, -0.1) is 0 Å². The molecule has 1 N–H and O–H groups in total. The molecule has 0 saturated heterocycles. The van der Waals surface area contributed by atoms with Gasteiger partial charge in [0.1, 0.15) is 0 Å². The Bertz CT molecular complexity index is 1200. The first-order valence-electron chi connectivity index (χ1n) is 10.7. The average Bonchev–Trinajstić information content (AvgIpc) is 3.11. The molecule has 0 fully saturated rings. The van der Waals surface area contributed by atoms with E-state index in [9.17, 15) is 19.7 Å². The van der Waals surface area contributed by atoms with Gasteiger partial charge in [0.05, 0.1) is 36.3 Å². The third-order valence-electron chi connectivity index (χ3n) is 5.18. The Balaban J connectivity index is 1.58. The second kappa shape index (κ2) is 10.7. The van der Waals surface area contributed by atoms with Crippen LogP contribution in [-0.2, 0) is 11.3 Å². The van der Waals surface area contributed by atoms with Gasteiger partial charge in [-0.05, 0) is 43.5 Å². The van der Waals surface area contributed by atoms with Crippen molar-refractivity contribution in [3.8, 4) is 11.5 Å². The molecule has 0 radical (unpaired) electrons. The molecule has 33 heavy (non-hydrogen) atoms. The normalized spacial score (nSPS) is 11.8. The van der Waals surface area contributed by atoms with Crippen molar-refractivity contribution in [2.45, 2.75) is 45.7 Å². The summed E-state index contributed by atoms with van der Waals surface area (Å²) >= 11 is 0. The minimum atomic E-state index is -0.614. The minimum absolute atomic E-state index is 0.146. The van der Waals surface area contributed by atoms with Crippen LogP contribution >= 0.6 is 0 Å². The van der Waals surface area contributed by atoms with Crippen LogP contribution in [0.15, 0.2) is 45.6 Å². The number of carbonyl (C=O) groups is 1. The van der Waals surface area contributed by atoms with Gasteiger partial charge in [-0.3, -0.25) is 19.5 Å². The summed E-state index contributed by atoms with van der Waals surface area (Å²) < 4.78 is 17.5. The molecule has 0 aliphatic rings. The highest BCUT2D eigenvalue weighted by Gasteiger charge is 2.16. The van der Waals surface area contributed by atoms with Gasteiger partial charge in [0.15, 0.2) is 17.1 Å². The van der Waals surface area contributed by atoms with Crippen LogP contribution in [-0.4, -0.2) is 29.1 Å². The Hall–Kier alpha value is -3.82. The number of hydrogen-bond donors (Lipinski definition) is 1. The zero-order chi connectivity index (χ0) is 24.0. The zero-order valence-corrected chi connectivity index (χ0v) is 18.8. The molecule has 3 aromatic rings. The van der Waals surface area contributed by atoms with E-state index >= 15 is 0 Å². The SMILES string of the molecule is CCCOc1ccc(C(C)NC(=O)CCCn2c(=O)oc3cc([N+](=O)[O-])ccc32)cc1OC. The molecule has 0 saturated carbocycles. The van der Waals surface area contributed by atoms with Gasteiger partial charge in [0, 0.05) is 19.0 Å². The van der Waals surface area contributed by atoms with Gasteiger partial charge in [-0.2, -0.15) is 0 Å². The van der Waals surface area contributed by atoms with E-state index in [-0.39, 0.29) is 36.2 Å². The van der Waals surface area contributed by atoms with Crippen molar-refractivity contribution in [1.82, 2.24) is 9.88 Å². The number of hydrogen-bond acceptors (Lipinski definition) is 7. The maximum absolute atomic E-state index is 12.4. The van der Waals surface area contributed by atoms with E-state index in [1.165, 1.54) is 22.8 Å². The first kappa shape index (κ1) is 23.8. The van der Waals surface area contributed by atoms with Crippen LogP contribution in [0, 0.1) is 10.1 Å². The fraction of sp³-hybridized carbons (Fsp3) is 0.391. The predicted molar refractivity (Wildman–Crippen MR) is 122 cm³/mol. The van der Waals surface area contributed by atoms with Crippen molar-refractivity contribution >= 4 is 22.7 Å². The highest BCUT2D eigenvalue weighted by molar-refractivity contribution is 5.77. The Kier molecular flexibility index (Phi) is 7.70. The number of aryl methyl sites for hydroxylation is 1. The Morgan fingerprint density at radius 3 is 2.73 bits per heavy atom. The number of rotatable bonds is 11. The number of nitrogens with one attached hydrogen (secondary N) is 1. The molecule has 1 unspecified atom stereocenters. The first-order valence-corrected chi connectivity index (χ1v) is 10.7. The van der Waals surface area contributed by atoms with Gasteiger partial charge in [-0.25, -0.2) is 4.79 Å². The lowest BCUT2D eigenvalue weighted by Crippen LogP contribution is -2.27. The van der Waals surface area contributed by atoms with Gasteiger partial charge < -0.3 is 19.2 Å². The number of nitro groups is 1. The summed E-state index contributed by atoms with van der Waals surface area (Å²) in [5, 5.41) is 13.8. The second-order valence-electron chi connectivity index (χ2n) is 7.58. The highest BCUT2D eigenvalue weighted by Crippen LogP contribution is 2.30. The number of fused-ring (bicyclic) bond motifs is 1. The fourth-order valence-corrected chi connectivity index (χ4v) is 3.46. The Morgan fingerprint density at radius 1 is 1.24 bits per heavy atom. The molecule has 10 nitrogen and oxygen atoms in total. The maximum atomic E-state index is 12.4. The molecule has 0 spiro atoms. The maximum Gasteiger partial charge on any atom is 0.419 e. The van der Waals surface area contributed by atoms with Gasteiger partial charge in [0.25, 0.3) is 5.69 Å². The number of nitro benzene ring substituents is 1. The molecule has 1 atom stereocenters. The van der Waals surface area contributed by atoms with Gasteiger partial charge >= 0.3 is 5.76 Å². The molecule has 1 heterocycles. The summed E-state index contributed by atoms with van der Waals surface area (Å²) in [6.07, 6.45) is 1.49. The molecular formula is C23H27N3O7. The number of aromatic nitrogens is 1. The molecule has 1 aromatic heterocycles. The van der Waals surface area contributed by atoms with Crippen LogP contribution < -0.4 is 20.5 Å². The number of non-ortho nitro benzene ring substituents is 1. The number of oxazole rings is 1. The monoisotopic (exact) mass is 457 g/mol. The van der Waals surface area contributed by atoms with Crippen molar-refractivity contribution in [2.75, 3.05) is 13.7 Å². The van der Waals surface area contributed by atoms with Crippen molar-refractivity contribution in [1.29, 1.82) is 0 Å². The number of amides is 1. The summed E-state index contributed by atoms with van der Waals surface area (Å²) in [6, 6.07) is 9.31. The quantitative estimate of drug-likeness (QED) is 0.341. The van der Waals surface area contributed by atoms with E-state index in [4.69, 9.17) is 13.9 Å². The molecule has 0 aliphatic heterocycles. The van der Waals surface area contributed by atoms with Crippen LogP contribution in [0.5, 0.6) is 11.5 Å². The van der Waals surface area contributed by atoms with Crippen LogP contribution in [0.4, 0.5) is 5.69 Å². The van der Waals surface area contributed by atoms with Crippen LogP contribution in [0.3, 0.4) is 0 Å². The Labute approximate surface area is 190 Å². The lowest BCUT2D eigenvalue weighted by Gasteiger charge is -2.17. The summed E-state index contributed by atoms with van der Waals surface area (Å²) in [5.74, 6) is 0.485. The number of nitrogens with zero attached hydrogens (tertiary/aromatic N) is 2. The van der Waals surface area contributed by atoms with Crippen LogP contribution in [0.1, 0.15) is 44.7 Å². The Morgan fingerprint density at radius 2 is 2.03 bits per heavy atom. The van der Waals surface area contributed by atoms with E-state index in [0.717, 1.165) is 12.0 Å². The first-order chi connectivity index (χ1) is 15.8. The van der Waals surface area contributed by atoms with E-state index in [1.807, 2.05) is 32.0 Å². The van der Waals surface area contributed by atoms with E-state index in [0.29, 0.717) is 30.0 Å². The third-order valence-corrected chi connectivity index (χ3v) is 5.18. The number of benzene rings is 2. The van der Waals surface area contributed by atoms with E-state index < -0.39 is 10.7 Å². The third kappa shape index (κ3) is 5.71. The average molecular weight is 457 g/mol. The summed E-state index contributed by atoms with van der Waals surface area (Å²) in [6.45, 7) is 4.74. The molecule has 176 valence electrons. The lowest BCUT2D eigenvalue weighted by molar-refractivity contribution is -0.384. The van der Waals surface area contributed by atoms with Crippen molar-refractivity contribution in [2.24, 2.45) is 0 Å². The minimum Gasteiger partial charge on any atom is -0.493 e. The van der Waals surface area contributed by atoms with Crippen LogP contribution in [0.2, 0.25) is 0 Å². The van der Waals surface area contributed by atoms with Crippen molar-refractivity contribution in [3.63, 3.8) is 0 Å². The van der Waals surface area contributed by atoms with E-state index in [1.54, 1.807) is 7.11 Å². The van der Waals surface area contributed by atoms with Gasteiger partial charge in [-0.1, -0.05) is 13.0 Å². The second-order valence-corrected chi connectivity index (χ2v) is 7.58. The summed E-state index contributed by atoms with van der Waals surface area (Å²) in [7, 11) is 1.57. The predicted octanol–water partition coefficient (Wildman–Crippen LogP) is 3.96. The standard InChI is InChI=1S/C23H27N3O7/c1-4-12-32-19-10-7-16(13-21(19)31-3)15(2)24-22(27)6-5-11-25-18-9-8-17(26(29)30)14-20(18)33-23(25)28/h7-10,13-15H,4-6,11-12H2,1-3H3,(H,24,27). The van der Waals surface area contributed by atoms with E-state index in [2.05, 4.69) is 5.32 Å². The molecule has 10 heteroatoms. The molecule has 0 bridgehead atoms. The topological polar surface area (TPSA) is 126 Å². The largest absolute Gasteiger partial charge is 0.493 e. The lowest BCUT2D eigenvalue weighted by atomic mass is 10.1. The highest BCUT2D eigenvalue weighted by atomic mass is 16.6. The molecule has 1 amide bonds. The summed E-state index contributed by atoms with van der Waals surface area (Å²) in [4.78, 5) is 34.9. The smallest absolute Gasteiger partial charge is 0.419 e. The molecular weight excluding hydrogens is 430 g/mol.